The highest BCUT2D eigenvalue weighted by molar-refractivity contribution is 5.92. The molecule has 0 atom stereocenters. The van der Waals surface area contributed by atoms with E-state index in [9.17, 15) is 9.59 Å². The summed E-state index contributed by atoms with van der Waals surface area (Å²) in [6, 6.07) is 7.81. The van der Waals surface area contributed by atoms with E-state index in [1.54, 1.807) is 6.92 Å². The molecule has 21 heavy (non-hydrogen) atoms. The van der Waals surface area contributed by atoms with E-state index in [1.807, 2.05) is 24.3 Å². The van der Waals surface area contributed by atoms with Crippen LogP contribution in [0.4, 0.5) is 5.69 Å². The van der Waals surface area contributed by atoms with Gasteiger partial charge in [0, 0.05) is 12.2 Å². The lowest BCUT2D eigenvalue weighted by molar-refractivity contribution is -0.143. The van der Waals surface area contributed by atoms with Crippen molar-refractivity contribution < 1.29 is 14.3 Å². The number of rotatable bonds is 8. The van der Waals surface area contributed by atoms with Crippen LogP contribution in [0.25, 0.3) is 0 Å². The fourth-order valence-corrected chi connectivity index (χ4v) is 1.78. The van der Waals surface area contributed by atoms with Crippen molar-refractivity contribution in [3.05, 3.63) is 29.8 Å². The molecule has 0 unspecified atom stereocenters. The quantitative estimate of drug-likeness (QED) is 0.570. The van der Waals surface area contributed by atoms with Crippen molar-refractivity contribution in [2.45, 2.75) is 33.1 Å². The first-order valence-corrected chi connectivity index (χ1v) is 7.29. The van der Waals surface area contributed by atoms with Crippen LogP contribution in [0.3, 0.4) is 0 Å². The van der Waals surface area contributed by atoms with E-state index < -0.39 is 0 Å². The van der Waals surface area contributed by atoms with Crippen molar-refractivity contribution in [3.63, 3.8) is 0 Å². The summed E-state index contributed by atoms with van der Waals surface area (Å²) in [6.45, 7) is 7.00. The number of ether oxygens (including phenoxy) is 1. The SMILES string of the molecule is CCOC(=O)CCNCC(=O)Nc1ccc(C(C)C)cc1. The Morgan fingerprint density at radius 3 is 2.43 bits per heavy atom. The molecule has 1 amide bonds. The molecule has 5 nitrogen and oxygen atoms in total. The van der Waals surface area contributed by atoms with Crippen molar-refractivity contribution in [1.82, 2.24) is 5.32 Å². The maximum atomic E-state index is 11.7. The third kappa shape index (κ3) is 6.90. The van der Waals surface area contributed by atoms with Gasteiger partial charge < -0.3 is 15.4 Å². The number of benzene rings is 1. The van der Waals surface area contributed by atoms with Gasteiger partial charge in [0.2, 0.25) is 5.91 Å². The summed E-state index contributed by atoms with van der Waals surface area (Å²) in [5.74, 6) is 0.0881. The van der Waals surface area contributed by atoms with E-state index in [0.29, 0.717) is 19.1 Å². The van der Waals surface area contributed by atoms with Crippen LogP contribution >= 0.6 is 0 Å². The fourth-order valence-electron chi connectivity index (χ4n) is 1.78. The molecule has 0 saturated carbocycles. The van der Waals surface area contributed by atoms with Crippen molar-refractivity contribution >= 4 is 17.6 Å². The second-order valence-electron chi connectivity index (χ2n) is 5.06. The van der Waals surface area contributed by atoms with Gasteiger partial charge in [-0.3, -0.25) is 9.59 Å². The minimum absolute atomic E-state index is 0.129. The lowest BCUT2D eigenvalue weighted by Crippen LogP contribution is -2.29. The predicted octanol–water partition coefficient (Wildman–Crippen LogP) is 2.29. The van der Waals surface area contributed by atoms with Crippen LogP contribution in [-0.4, -0.2) is 31.6 Å². The Kier molecular flexibility index (Phi) is 7.46. The molecule has 0 saturated heterocycles. The molecule has 1 rings (SSSR count). The summed E-state index contributed by atoms with van der Waals surface area (Å²) in [6.07, 6.45) is 0.268. The zero-order chi connectivity index (χ0) is 15.7. The number of carbonyl (C=O) groups is 2. The molecule has 0 aliphatic carbocycles. The Labute approximate surface area is 126 Å². The first-order valence-electron chi connectivity index (χ1n) is 7.29. The van der Waals surface area contributed by atoms with Crippen molar-refractivity contribution in [3.8, 4) is 0 Å². The highest BCUT2D eigenvalue weighted by atomic mass is 16.5. The minimum Gasteiger partial charge on any atom is -0.466 e. The monoisotopic (exact) mass is 292 g/mol. The highest BCUT2D eigenvalue weighted by Crippen LogP contribution is 2.16. The zero-order valence-corrected chi connectivity index (χ0v) is 12.9. The number of anilines is 1. The van der Waals surface area contributed by atoms with Crippen LogP contribution in [0.15, 0.2) is 24.3 Å². The molecule has 1 aromatic rings. The van der Waals surface area contributed by atoms with Gasteiger partial charge in [-0.15, -0.1) is 0 Å². The molecule has 2 N–H and O–H groups in total. The Balaban J connectivity index is 2.26. The number of amides is 1. The maximum absolute atomic E-state index is 11.7. The molecule has 0 bridgehead atoms. The molecule has 0 aliphatic rings. The highest BCUT2D eigenvalue weighted by Gasteiger charge is 2.05. The number of carbonyl (C=O) groups excluding carboxylic acids is 2. The van der Waals surface area contributed by atoms with Crippen LogP contribution in [0.2, 0.25) is 0 Å². The van der Waals surface area contributed by atoms with Gasteiger partial charge in [-0.05, 0) is 30.5 Å². The van der Waals surface area contributed by atoms with Gasteiger partial charge in [0.25, 0.3) is 0 Å². The Morgan fingerprint density at radius 2 is 1.86 bits per heavy atom. The normalized spacial score (nSPS) is 10.5. The summed E-state index contributed by atoms with van der Waals surface area (Å²) in [4.78, 5) is 22.8. The van der Waals surface area contributed by atoms with E-state index in [-0.39, 0.29) is 24.8 Å². The number of esters is 1. The molecule has 116 valence electrons. The van der Waals surface area contributed by atoms with Crippen molar-refractivity contribution in [2.24, 2.45) is 0 Å². The van der Waals surface area contributed by atoms with Crippen LogP contribution < -0.4 is 10.6 Å². The van der Waals surface area contributed by atoms with Crippen molar-refractivity contribution in [2.75, 3.05) is 25.0 Å². The summed E-state index contributed by atoms with van der Waals surface area (Å²) in [5.41, 5.74) is 2.01. The summed E-state index contributed by atoms with van der Waals surface area (Å²) < 4.78 is 4.80. The van der Waals surface area contributed by atoms with Crippen molar-refractivity contribution in [1.29, 1.82) is 0 Å². The van der Waals surface area contributed by atoms with Crippen LogP contribution in [0, 0.1) is 0 Å². The molecule has 0 spiro atoms. The van der Waals surface area contributed by atoms with Gasteiger partial charge in [0.15, 0.2) is 0 Å². The summed E-state index contributed by atoms with van der Waals surface area (Å²) >= 11 is 0. The van der Waals surface area contributed by atoms with Gasteiger partial charge in [0.1, 0.15) is 0 Å². The Hall–Kier alpha value is -1.88. The lowest BCUT2D eigenvalue weighted by atomic mass is 10.0. The average molecular weight is 292 g/mol. The molecule has 0 heterocycles. The molecule has 0 fully saturated rings. The molecule has 0 aliphatic heterocycles. The van der Waals surface area contributed by atoms with Crippen LogP contribution in [-0.2, 0) is 14.3 Å². The molecular weight excluding hydrogens is 268 g/mol. The van der Waals surface area contributed by atoms with Gasteiger partial charge in [0.05, 0.1) is 19.6 Å². The van der Waals surface area contributed by atoms with Gasteiger partial charge in [-0.25, -0.2) is 0 Å². The summed E-state index contributed by atoms with van der Waals surface area (Å²) in [5, 5.41) is 5.72. The fraction of sp³-hybridized carbons (Fsp3) is 0.500. The smallest absolute Gasteiger partial charge is 0.307 e. The number of nitrogens with one attached hydrogen (secondary N) is 2. The standard InChI is InChI=1S/C16H24N2O3/c1-4-21-16(20)9-10-17-11-15(19)18-14-7-5-13(6-8-14)12(2)3/h5-8,12,17H,4,9-11H2,1-3H3,(H,18,19). The number of hydrogen-bond donors (Lipinski definition) is 2. The summed E-state index contributed by atoms with van der Waals surface area (Å²) in [7, 11) is 0. The zero-order valence-electron chi connectivity index (χ0n) is 12.9. The molecular formula is C16H24N2O3. The predicted molar refractivity (Wildman–Crippen MR) is 83.3 cm³/mol. The second-order valence-corrected chi connectivity index (χ2v) is 5.06. The average Bonchev–Trinajstić information content (AvgIpc) is 2.44. The third-order valence-corrected chi connectivity index (χ3v) is 2.96. The van der Waals surface area contributed by atoms with E-state index in [0.717, 1.165) is 5.69 Å². The van der Waals surface area contributed by atoms with E-state index in [1.165, 1.54) is 5.56 Å². The molecule has 0 radical (unpaired) electrons. The minimum atomic E-state index is -0.255. The number of hydrogen-bond acceptors (Lipinski definition) is 4. The second kappa shape index (κ2) is 9.13. The lowest BCUT2D eigenvalue weighted by Gasteiger charge is -2.09. The van der Waals surface area contributed by atoms with Gasteiger partial charge in [-0.2, -0.15) is 0 Å². The van der Waals surface area contributed by atoms with Crippen LogP contribution in [0.1, 0.15) is 38.7 Å². The molecule has 5 heteroatoms. The maximum Gasteiger partial charge on any atom is 0.307 e. The van der Waals surface area contributed by atoms with E-state index >= 15 is 0 Å². The largest absolute Gasteiger partial charge is 0.466 e. The third-order valence-electron chi connectivity index (χ3n) is 2.96. The Bertz CT molecular complexity index is 455. The van der Waals surface area contributed by atoms with Gasteiger partial charge >= 0.3 is 5.97 Å². The first kappa shape index (κ1) is 17.2. The van der Waals surface area contributed by atoms with Gasteiger partial charge in [-0.1, -0.05) is 26.0 Å². The topological polar surface area (TPSA) is 67.4 Å². The van der Waals surface area contributed by atoms with Crippen LogP contribution in [0.5, 0.6) is 0 Å². The molecule has 1 aromatic carbocycles. The van der Waals surface area contributed by atoms with E-state index in [2.05, 4.69) is 24.5 Å². The Morgan fingerprint density at radius 1 is 1.19 bits per heavy atom. The van der Waals surface area contributed by atoms with E-state index in [4.69, 9.17) is 4.74 Å². The first-order chi connectivity index (χ1) is 10.0. The molecule has 0 aromatic heterocycles.